The largest absolute Gasteiger partial charge is 0.392 e. The summed E-state index contributed by atoms with van der Waals surface area (Å²) in [6, 6.07) is 4.15. The molecule has 1 aliphatic carbocycles. The Morgan fingerprint density at radius 3 is 2.43 bits per heavy atom. The van der Waals surface area contributed by atoms with Crippen LogP contribution in [0.1, 0.15) is 38.5 Å². The van der Waals surface area contributed by atoms with Gasteiger partial charge in [-0.3, -0.25) is 4.79 Å². The predicted octanol–water partition coefficient (Wildman–Crippen LogP) is 4.15. The second-order valence-electron chi connectivity index (χ2n) is 5.44. The first kappa shape index (κ1) is 16.4. The van der Waals surface area contributed by atoms with Gasteiger partial charge in [0.05, 0.1) is 16.1 Å². The average Bonchev–Trinajstić information content (AvgIpc) is 2.68. The van der Waals surface area contributed by atoms with Crippen molar-refractivity contribution in [1.29, 1.82) is 0 Å². The smallest absolute Gasteiger partial charge is 0.237 e. The number of nitrogens with one attached hydrogen (secondary N) is 1. The van der Waals surface area contributed by atoms with Gasteiger partial charge in [0, 0.05) is 4.47 Å². The first-order chi connectivity index (χ1) is 9.95. The van der Waals surface area contributed by atoms with Crippen LogP contribution in [0.3, 0.4) is 0 Å². The molecule has 1 aromatic rings. The van der Waals surface area contributed by atoms with Gasteiger partial charge >= 0.3 is 0 Å². The number of benzene rings is 1. The van der Waals surface area contributed by atoms with Gasteiger partial charge in [0.15, 0.2) is 0 Å². The lowest BCUT2D eigenvalue weighted by molar-refractivity contribution is -0.122. The van der Waals surface area contributed by atoms with Crippen LogP contribution in [0.25, 0.3) is 0 Å². The van der Waals surface area contributed by atoms with Crippen molar-refractivity contribution in [3.05, 3.63) is 28.5 Å². The molecule has 3 N–H and O–H groups in total. The van der Waals surface area contributed by atoms with Gasteiger partial charge in [0.2, 0.25) is 5.91 Å². The van der Waals surface area contributed by atoms with Crippen LogP contribution in [0.5, 0.6) is 0 Å². The van der Waals surface area contributed by atoms with Crippen LogP contribution in [0.15, 0.2) is 22.7 Å². The molecule has 1 amide bonds. The molecule has 0 bridgehead atoms. The summed E-state index contributed by atoms with van der Waals surface area (Å²) in [6.07, 6.45) is 5.42. The van der Waals surface area contributed by atoms with E-state index in [0.29, 0.717) is 23.0 Å². The van der Waals surface area contributed by atoms with Crippen molar-refractivity contribution < 1.29 is 9.18 Å². The molecule has 0 spiro atoms. The lowest BCUT2D eigenvalue weighted by atomic mass is 9.79. The number of amides is 1. The highest BCUT2D eigenvalue weighted by Crippen LogP contribution is 2.37. The van der Waals surface area contributed by atoms with Crippen molar-refractivity contribution in [1.82, 2.24) is 0 Å². The Kier molecular flexibility index (Phi) is 5.32. The second kappa shape index (κ2) is 6.83. The summed E-state index contributed by atoms with van der Waals surface area (Å²) in [4.78, 5) is 13.0. The number of hydrogen-bond donors (Lipinski definition) is 2. The molecule has 0 radical (unpaired) electrons. The van der Waals surface area contributed by atoms with Crippen LogP contribution < -0.4 is 11.1 Å². The Morgan fingerprint density at radius 2 is 1.90 bits per heavy atom. The van der Waals surface area contributed by atoms with Crippen molar-refractivity contribution in [2.75, 3.05) is 5.32 Å². The number of halogens is 2. The van der Waals surface area contributed by atoms with Gasteiger partial charge < -0.3 is 11.1 Å². The topological polar surface area (TPSA) is 55.1 Å². The number of anilines is 1. The van der Waals surface area contributed by atoms with E-state index in [4.69, 9.17) is 18.0 Å². The number of hydrogen-bond acceptors (Lipinski definition) is 2. The minimum Gasteiger partial charge on any atom is -0.392 e. The van der Waals surface area contributed by atoms with E-state index in [2.05, 4.69) is 21.2 Å². The number of nitrogens with two attached hydrogens (primary N) is 1. The van der Waals surface area contributed by atoms with Crippen molar-refractivity contribution in [3.8, 4) is 0 Å². The monoisotopic (exact) mass is 372 g/mol. The molecule has 1 fully saturated rings. The predicted molar refractivity (Wildman–Crippen MR) is 89.7 cm³/mol. The molecule has 1 aliphatic rings. The molecule has 0 aromatic heterocycles. The summed E-state index contributed by atoms with van der Waals surface area (Å²) in [7, 11) is 0. The van der Waals surface area contributed by atoms with E-state index in [0.717, 1.165) is 25.7 Å². The molecule has 1 aromatic carbocycles. The van der Waals surface area contributed by atoms with Gasteiger partial charge in [-0.25, -0.2) is 4.39 Å². The summed E-state index contributed by atoms with van der Waals surface area (Å²) in [5, 5.41) is 2.84. The number of rotatable bonds is 3. The molecule has 2 rings (SSSR count). The van der Waals surface area contributed by atoms with E-state index in [-0.39, 0.29) is 16.7 Å². The molecule has 21 heavy (non-hydrogen) atoms. The highest BCUT2D eigenvalue weighted by Gasteiger charge is 2.41. The fourth-order valence-electron chi connectivity index (χ4n) is 2.75. The average molecular weight is 373 g/mol. The van der Waals surface area contributed by atoms with Crippen molar-refractivity contribution in [3.63, 3.8) is 0 Å². The molecular formula is C15H18BrFN2OS. The van der Waals surface area contributed by atoms with E-state index in [1.54, 1.807) is 0 Å². The third-order valence-corrected chi connectivity index (χ3v) is 5.09. The molecule has 6 heteroatoms. The van der Waals surface area contributed by atoms with E-state index in [9.17, 15) is 9.18 Å². The lowest BCUT2D eigenvalue weighted by Gasteiger charge is -2.30. The molecule has 3 nitrogen and oxygen atoms in total. The minimum atomic E-state index is -0.792. The van der Waals surface area contributed by atoms with Crippen molar-refractivity contribution in [2.45, 2.75) is 38.5 Å². The molecule has 0 saturated heterocycles. The van der Waals surface area contributed by atoms with Gasteiger partial charge in [-0.15, -0.1) is 0 Å². The normalized spacial score (nSPS) is 17.8. The van der Waals surface area contributed by atoms with Crippen LogP contribution in [-0.2, 0) is 4.79 Å². The molecule has 0 unspecified atom stereocenters. The third-order valence-electron chi connectivity index (χ3n) is 4.04. The maximum absolute atomic E-state index is 13.1. The maximum Gasteiger partial charge on any atom is 0.237 e. The molecule has 0 aliphatic heterocycles. The minimum absolute atomic E-state index is 0.191. The molecule has 114 valence electrons. The standard InChI is InChI=1S/C15H18BrFN2OS/c16-11-9-10(17)5-6-12(11)19-14(20)15(13(18)21)7-3-1-2-4-8-15/h5-6,9H,1-4,7-8H2,(H2,18,21)(H,19,20). The highest BCUT2D eigenvalue weighted by atomic mass is 79.9. The summed E-state index contributed by atoms with van der Waals surface area (Å²) in [5.41, 5.74) is 5.62. The van der Waals surface area contributed by atoms with Gasteiger partial charge in [-0.1, -0.05) is 37.9 Å². The summed E-state index contributed by atoms with van der Waals surface area (Å²) < 4.78 is 13.6. The molecule has 0 atom stereocenters. The third kappa shape index (κ3) is 3.61. The van der Waals surface area contributed by atoms with Gasteiger partial charge in [-0.2, -0.15) is 0 Å². The Morgan fingerprint density at radius 1 is 1.29 bits per heavy atom. The molecule has 0 heterocycles. The van der Waals surface area contributed by atoms with Crippen LogP contribution in [0.4, 0.5) is 10.1 Å². The Labute approximate surface area is 137 Å². The van der Waals surface area contributed by atoms with Crippen LogP contribution in [0.2, 0.25) is 0 Å². The van der Waals surface area contributed by atoms with Crippen molar-refractivity contribution in [2.24, 2.45) is 11.1 Å². The highest BCUT2D eigenvalue weighted by molar-refractivity contribution is 9.10. The fraction of sp³-hybridized carbons (Fsp3) is 0.467. The Bertz CT molecular complexity index is 557. The first-order valence-corrected chi connectivity index (χ1v) is 8.22. The van der Waals surface area contributed by atoms with Gasteiger partial charge in [0.1, 0.15) is 5.82 Å². The Hall–Kier alpha value is -1.01. The quantitative estimate of drug-likeness (QED) is 0.618. The van der Waals surface area contributed by atoms with Crippen LogP contribution >= 0.6 is 28.1 Å². The van der Waals surface area contributed by atoms with E-state index < -0.39 is 5.41 Å². The molecular weight excluding hydrogens is 355 g/mol. The summed E-state index contributed by atoms with van der Waals surface area (Å²) in [5.74, 6) is -0.553. The van der Waals surface area contributed by atoms with Crippen LogP contribution in [-0.4, -0.2) is 10.9 Å². The first-order valence-electron chi connectivity index (χ1n) is 7.02. The molecule has 1 saturated carbocycles. The zero-order chi connectivity index (χ0) is 15.5. The van der Waals surface area contributed by atoms with Gasteiger partial charge in [0.25, 0.3) is 0 Å². The number of carbonyl (C=O) groups excluding carboxylic acids is 1. The van der Waals surface area contributed by atoms with Gasteiger partial charge in [-0.05, 0) is 47.0 Å². The SMILES string of the molecule is NC(=S)C1(C(=O)Nc2ccc(F)cc2Br)CCCCCC1. The summed E-state index contributed by atoms with van der Waals surface area (Å²) in [6.45, 7) is 0. The zero-order valence-electron chi connectivity index (χ0n) is 11.6. The number of thiocarbonyl (C=S) groups is 1. The zero-order valence-corrected chi connectivity index (χ0v) is 14.0. The second-order valence-corrected chi connectivity index (χ2v) is 6.73. The van der Waals surface area contributed by atoms with E-state index >= 15 is 0 Å². The van der Waals surface area contributed by atoms with E-state index in [1.807, 2.05) is 0 Å². The fourth-order valence-corrected chi connectivity index (χ4v) is 3.50. The lowest BCUT2D eigenvalue weighted by Crippen LogP contribution is -2.45. The van der Waals surface area contributed by atoms with E-state index in [1.165, 1.54) is 18.2 Å². The van der Waals surface area contributed by atoms with Crippen LogP contribution in [0, 0.1) is 11.2 Å². The summed E-state index contributed by atoms with van der Waals surface area (Å²) >= 11 is 8.43. The maximum atomic E-state index is 13.1. The van der Waals surface area contributed by atoms with Crippen molar-refractivity contribution >= 4 is 44.7 Å². The number of carbonyl (C=O) groups is 1. The Balaban J connectivity index is 2.24.